The maximum Gasteiger partial charge on any atom is 0.301 e. The molecule has 0 saturated carbocycles. The highest BCUT2D eigenvalue weighted by atomic mass is 31.2. The largest absolute Gasteiger partial charge is 0.309 e. The van der Waals surface area contributed by atoms with E-state index in [2.05, 4.69) is 143 Å². The van der Waals surface area contributed by atoms with E-state index < -0.39 is 7.44 Å². The van der Waals surface area contributed by atoms with Gasteiger partial charge in [0.25, 0.3) is 0 Å². The summed E-state index contributed by atoms with van der Waals surface area (Å²) >= 11 is 0. The minimum absolute atomic E-state index is 0.106. The van der Waals surface area contributed by atoms with E-state index in [-0.39, 0.29) is 5.41 Å². The van der Waals surface area contributed by atoms with Crippen molar-refractivity contribution in [2.45, 2.75) is 19.3 Å². The maximum atomic E-state index is 16.1. The molecule has 0 saturated heterocycles. The van der Waals surface area contributed by atoms with Crippen LogP contribution in [0.5, 0.6) is 0 Å². The minimum Gasteiger partial charge on any atom is -0.309 e. The third-order valence-electron chi connectivity index (χ3n) is 11.9. The number of aromatic nitrogens is 1. The smallest absolute Gasteiger partial charge is 0.301 e. The maximum absolute atomic E-state index is 16.1. The molecule has 0 bridgehead atoms. The van der Waals surface area contributed by atoms with Gasteiger partial charge in [-0.25, -0.2) is 0 Å². The zero-order valence-electron chi connectivity index (χ0n) is 31.2. The van der Waals surface area contributed by atoms with Gasteiger partial charge in [0, 0.05) is 33.2 Å². The first-order chi connectivity index (χ1) is 27.4. The van der Waals surface area contributed by atoms with Crippen molar-refractivity contribution >= 4 is 57.3 Å². The Balaban J connectivity index is 1.11. The van der Waals surface area contributed by atoms with Crippen LogP contribution >= 0.6 is 7.44 Å². The summed E-state index contributed by atoms with van der Waals surface area (Å²) in [5.74, 6) is 0. The first-order valence-electron chi connectivity index (χ1n) is 19.2. The molecule has 8 aromatic carbocycles. The van der Waals surface area contributed by atoms with Crippen LogP contribution in [-0.2, 0) is 9.98 Å². The van der Waals surface area contributed by atoms with Gasteiger partial charge in [0.2, 0.25) is 0 Å². The third kappa shape index (κ3) is 4.63. The number of anilines is 4. The van der Waals surface area contributed by atoms with Gasteiger partial charge in [0.05, 0.1) is 27.7 Å². The summed E-state index contributed by atoms with van der Waals surface area (Å²) in [5, 5.41) is 3.27. The highest BCUT2D eigenvalue weighted by Gasteiger charge is 2.49. The highest BCUT2D eigenvalue weighted by molar-refractivity contribution is 7.76. The van der Waals surface area contributed by atoms with Crippen LogP contribution in [0.3, 0.4) is 0 Å². The number of fused-ring (bicyclic) bond motifs is 7. The number of para-hydroxylation sites is 3. The Hall–Kier alpha value is -6.61. The topological polar surface area (TPSA) is 28.5 Å². The fourth-order valence-corrected chi connectivity index (χ4v) is 12.3. The Morgan fingerprint density at radius 1 is 0.429 bits per heavy atom. The average molecular weight is 740 g/mol. The lowest BCUT2D eigenvalue weighted by molar-refractivity contribution is 0.582. The van der Waals surface area contributed by atoms with E-state index in [0.717, 1.165) is 44.9 Å². The number of benzene rings is 8. The van der Waals surface area contributed by atoms with E-state index in [4.69, 9.17) is 0 Å². The molecule has 1 aliphatic carbocycles. The summed E-state index contributed by atoms with van der Waals surface area (Å²) in [6.07, 6.45) is 0. The van der Waals surface area contributed by atoms with Crippen LogP contribution in [-0.4, -0.2) is 4.57 Å². The summed E-state index contributed by atoms with van der Waals surface area (Å²) in [6, 6.07) is 68.1. The molecule has 11 rings (SSSR count). The standard InChI is InChI=1S/C51H38N3OP/c1-51(2)45-27-14-12-25-41(45)43-33-44-42-26-13-15-28-47(42)52(49(44)34-46(43)51)39-22-16-17-35(31-39)36-29-30-48-50(32-36)54(38-20-8-4-9-21-38)56(55,40-23-10-5-11-24-40)53(48)37-18-6-3-7-19-37/h3-34H,1-2H3. The van der Waals surface area contributed by atoms with Gasteiger partial charge < -0.3 is 4.57 Å². The summed E-state index contributed by atoms with van der Waals surface area (Å²) in [6.45, 7) is 4.69. The van der Waals surface area contributed by atoms with Gasteiger partial charge in [-0.2, -0.15) is 0 Å². The van der Waals surface area contributed by atoms with Crippen LogP contribution in [0.2, 0.25) is 0 Å². The van der Waals surface area contributed by atoms with Crippen molar-refractivity contribution < 1.29 is 4.57 Å². The van der Waals surface area contributed by atoms with Gasteiger partial charge in [-0.15, -0.1) is 0 Å². The zero-order valence-corrected chi connectivity index (χ0v) is 32.1. The first kappa shape index (κ1) is 32.8. The SMILES string of the molecule is CC1(C)c2ccccc2-c2cc3c4ccccc4n(-c4cccc(-c5ccc6c(c5)N(c5ccccc5)P(=O)(c5ccccc5)N6c5ccccc5)c4)c3cc21. The van der Waals surface area contributed by atoms with E-state index in [9.17, 15) is 0 Å². The molecule has 56 heavy (non-hydrogen) atoms. The molecule has 0 radical (unpaired) electrons. The molecule has 1 aromatic heterocycles. The van der Waals surface area contributed by atoms with Gasteiger partial charge in [-0.3, -0.25) is 13.9 Å². The van der Waals surface area contributed by atoms with Gasteiger partial charge >= 0.3 is 7.44 Å². The minimum atomic E-state index is -3.46. The highest BCUT2D eigenvalue weighted by Crippen LogP contribution is 2.70. The summed E-state index contributed by atoms with van der Waals surface area (Å²) in [5.41, 5.74) is 14.5. The molecule has 1 aliphatic heterocycles. The van der Waals surface area contributed by atoms with Gasteiger partial charge in [-0.05, 0) is 112 Å². The van der Waals surface area contributed by atoms with Crippen molar-refractivity contribution in [3.05, 3.63) is 205 Å². The van der Waals surface area contributed by atoms with Gasteiger partial charge in [0.15, 0.2) is 0 Å². The number of nitrogens with zero attached hydrogens (tertiary/aromatic N) is 3. The average Bonchev–Trinajstić information content (AvgIpc) is 3.81. The van der Waals surface area contributed by atoms with Gasteiger partial charge in [-0.1, -0.05) is 129 Å². The Bertz CT molecular complexity index is 3040. The lowest BCUT2D eigenvalue weighted by Gasteiger charge is -2.33. The fourth-order valence-electron chi connectivity index (χ4n) is 9.28. The molecule has 5 heteroatoms. The monoisotopic (exact) mass is 739 g/mol. The fraction of sp³-hybridized carbons (Fsp3) is 0.0588. The summed E-state index contributed by atoms with van der Waals surface area (Å²) in [4.78, 5) is 0. The van der Waals surface area contributed by atoms with Crippen LogP contribution < -0.4 is 14.6 Å². The normalized spacial score (nSPS) is 16.6. The summed E-state index contributed by atoms with van der Waals surface area (Å²) in [7, 11) is -3.46. The van der Waals surface area contributed by atoms with Crippen molar-refractivity contribution in [1.29, 1.82) is 0 Å². The quantitative estimate of drug-likeness (QED) is 0.165. The molecular formula is C51H38N3OP. The molecule has 4 nitrogen and oxygen atoms in total. The number of rotatable bonds is 5. The predicted molar refractivity (Wildman–Crippen MR) is 235 cm³/mol. The molecule has 0 spiro atoms. The Labute approximate surface area is 327 Å². The van der Waals surface area contributed by atoms with E-state index in [0.29, 0.717) is 0 Å². The predicted octanol–water partition coefficient (Wildman–Crippen LogP) is 13.6. The lowest BCUT2D eigenvalue weighted by Crippen LogP contribution is -2.26. The summed E-state index contributed by atoms with van der Waals surface area (Å²) < 4.78 is 22.6. The molecular weight excluding hydrogens is 702 g/mol. The van der Waals surface area contributed by atoms with Crippen LogP contribution in [0.1, 0.15) is 25.0 Å². The van der Waals surface area contributed by atoms with Crippen molar-refractivity contribution in [3.8, 4) is 27.9 Å². The molecule has 268 valence electrons. The Morgan fingerprint density at radius 3 is 1.79 bits per heavy atom. The van der Waals surface area contributed by atoms with E-state index in [1.165, 1.54) is 44.1 Å². The van der Waals surface area contributed by atoms with Crippen LogP contribution in [0, 0.1) is 0 Å². The van der Waals surface area contributed by atoms with Crippen molar-refractivity contribution in [2.24, 2.45) is 0 Å². The second-order valence-corrected chi connectivity index (χ2v) is 17.8. The Kier molecular flexibility index (Phi) is 7.14. The molecule has 0 fully saturated rings. The second kappa shape index (κ2) is 12.2. The first-order valence-corrected chi connectivity index (χ1v) is 20.8. The molecule has 1 unspecified atom stereocenters. The second-order valence-electron chi connectivity index (χ2n) is 15.4. The van der Waals surface area contributed by atoms with Crippen molar-refractivity contribution in [3.63, 3.8) is 0 Å². The molecule has 1 atom stereocenters. The molecule has 2 heterocycles. The molecule has 0 N–H and O–H groups in total. The van der Waals surface area contributed by atoms with E-state index >= 15 is 4.57 Å². The van der Waals surface area contributed by atoms with Crippen LogP contribution in [0.15, 0.2) is 194 Å². The number of hydrogen-bond donors (Lipinski definition) is 0. The molecule has 2 aliphatic rings. The van der Waals surface area contributed by atoms with Crippen molar-refractivity contribution in [1.82, 2.24) is 4.57 Å². The van der Waals surface area contributed by atoms with E-state index in [1.807, 2.05) is 78.9 Å². The van der Waals surface area contributed by atoms with Crippen LogP contribution in [0.4, 0.5) is 22.7 Å². The number of hydrogen-bond acceptors (Lipinski definition) is 1. The Morgan fingerprint density at radius 2 is 1.04 bits per heavy atom. The molecule has 9 aromatic rings. The zero-order chi connectivity index (χ0) is 37.6. The van der Waals surface area contributed by atoms with Crippen molar-refractivity contribution in [2.75, 3.05) is 9.34 Å². The van der Waals surface area contributed by atoms with E-state index in [1.54, 1.807) is 0 Å². The van der Waals surface area contributed by atoms with Crippen LogP contribution in [0.25, 0.3) is 49.7 Å². The third-order valence-corrected chi connectivity index (χ3v) is 14.8. The van der Waals surface area contributed by atoms with Gasteiger partial charge in [0.1, 0.15) is 0 Å². The molecule has 0 amide bonds. The lowest BCUT2D eigenvalue weighted by atomic mass is 9.82.